The van der Waals surface area contributed by atoms with Crippen molar-refractivity contribution in [1.29, 1.82) is 0 Å². The molecule has 0 aliphatic carbocycles. The average molecular weight is 691 g/mol. The lowest BCUT2D eigenvalue weighted by Crippen LogP contribution is -1.90. The third-order valence-corrected chi connectivity index (χ3v) is 10.0. The third kappa shape index (κ3) is 5.72. The van der Waals surface area contributed by atoms with Crippen LogP contribution in [-0.2, 0) is 0 Å². The molecule has 0 saturated carbocycles. The highest BCUT2D eigenvalue weighted by atomic mass is 14.7. The maximum atomic E-state index is 4.62. The van der Waals surface area contributed by atoms with E-state index in [1.807, 2.05) is 110 Å². The quantitative estimate of drug-likeness (QED) is 0.162. The largest absolute Gasteiger partial charge is 0.263 e. The van der Waals surface area contributed by atoms with Crippen LogP contribution in [0.3, 0.4) is 0 Å². The van der Waals surface area contributed by atoms with E-state index in [1.54, 1.807) is 0 Å². The van der Waals surface area contributed by atoms with Gasteiger partial charge in [0.1, 0.15) is 0 Å². The van der Waals surface area contributed by atoms with Crippen LogP contribution in [-0.4, -0.2) is 29.9 Å². The summed E-state index contributed by atoms with van der Waals surface area (Å²) in [6, 6.07) is 44.6. The summed E-state index contributed by atoms with van der Waals surface area (Å²) >= 11 is 0. The molecule has 0 aliphatic heterocycles. The Morgan fingerprint density at radius 2 is 0.556 bits per heavy atom. The summed E-state index contributed by atoms with van der Waals surface area (Å²) in [7, 11) is 0. The standard InChI is InChI=1S/C48H30N6/c1-4-16-52-46(7-1)37-19-34(25-49-28-37)31-10-13-40-43(22-31)41-14-11-32(35-20-38(29-50-26-35)47-8-2-5-17-53-47)24-45(41)42-15-12-33(23-44(40)42)36-21-39(30-51-27-36)48-9-3-6-18-54-48/h1-30H. The summed E-state index contributed by atoms with van der Waals surface area (Å²) in [6.07, 6.45) is 16.8. The van der Waals surface area contributed by atoms with Gasteiger partial charge in [0.05, 0.1) is 17.1 Å². The lowest BCUT2D eigenvalue weighted by molar-refractivity contribution is 1.28. The van der Waals surface area contributed by atoms with Crippen molar-refractivity contribution >= 4 is 32.3 Å². The fourth-order valence-electron chi connectivity index (χ4n) is 7.36. The van der Waals surface area contributed by atoms with Crippen molar-refractivity contribution < 1.29 is 0 Å². The SMILES string of the molecule is c1ccc(-c2cncc(-c3ccc4c(c3)c3ccc(-c5cncc(-c6ccccn6)c5)cc3c3ccc(-c5cncc(-c6ccccn6)c5)cc43)c2)nc1. The Morgan fingerprint density at radius 3 is 0.852 bits per heavy atom. The number of aromatic nitrogens is 6. The van der Waals surface area contributed by atoms with Crippen LogP contribution in [0.2, 0.25) is 0 Å². The molecular formula is C48H30N6. The molecule has 0 bridgehead atoms. The predicted molar refractivity (Wildman–Crippen MR) is 218 cm³/mol. The molecule has 0 fully saturated rings. The van der Waals surface area contributed by atoms with Crippen molar-refractivity contribution in [2.75, 3.05) is 0 Å². The van der Waals surface area contributed by atoms with Gasteiger partial charge in [-0.05, 0) is 122 Å². The second-order valence-corrected chi connectivity index (χ2v) is 13.3. The molecule has 6 heterocycles. The first-order chi connectivity index (χ1) is 26.7. The molecule has 6 nitrogen and oxygen atoms in total. The van der Waals surface area contributed by atoms with Gasteiger partial charge in [0.2, 0.25) is 0 Å². The first kappa shape index (κ1) is 31.3. The molecule has 6 heteroatoms. The van der Waals surface area contributed by atoms with E-state index >= 15 is 0 Å². The van der Waals surface area contributed by atoms with Gasteiger partial charge in [-0.2, -0.15) is 0 Å². The average Bonchev–Trinajstić information content (AvgIpc) is 3.27. The van der Waals surface area contributed by atoms with Crippen LogP contribution in [0.25, 0.3) is 99.5 Å². The molecule has 0 amide bonds. The van der Waals surface area contributed by atoms with Gasteiger partial charge in [0, 0.05) is 89.2 Å². The lowest BCUT2D eigenvalue weighted by atomic mass is 9.89. The highest BCUT2D eigenvalue weighted by molar-refractivity contribution is 6.26. The van der Waals surface area contributed by atoms with Crippen LogP contribution in [0.5, 0.6) is 0 Å². The number of nitrogens with zero attached hydrogens (tertiary/aromatic N) is 6. The van der Waals surface area contributed by atoms with E-state index in [2.05, 4.69) is 103 Å². The van der Waals surface area contributed by atoms with Crippen LogP contribution in [0.4, 0.5) is 0 Å². The molecule has 252 valence electrons. The molecule has 4 aromatic carbocycles. The van der Waals surface area contributed by atoms with Crippen molar-refractivity contribution in [3.63, 3.8) is 0 Å². The first-order valence-corrected chi connectivity index (χ1v) is 17.8. The normalized spacial score (nSPS) is 11.3. The second kappa shape index (κ2) is 13.3. The van der Waals surface area contributed by atoms with E-state index in [0.29, 0.717) is 0 Å². The van der Waals surface area contributed by atoms with Crippen molar-refractivity contribution in [1.82, 2.24) is 29.9 Å². The van der Waals surface area contributed by atoms with E-state index in [4.69, 9.17) is 0 Å². The van der Waals surface area contributed by atoms with Crippen LogP contribution >= 0.6 is 0 Å². The Morgan fingerprint density at radius 1 is 0.241 bits per heavy atom. The van der Waals surface area contributed by atoms with Gasteiger partial charge >= 0.3 is 0 Å². The number of benzene rings is 4. The van der Waals surface area contributed by atoms with Crippen LogP contribution in [0.15, 0.2) is 183 Å². The number of pyridine rings is 6. The number of hydrogen-bond acceptors (Lipinski definition) is 6. The molecule has 54 heavy (non-hydrogen) atoms. The topological polar surface area (TPSA) is 77.3 Å². The van der Waals surface area contributed by atoms with E-state index in [9.17, 15) is 0 Å². The lowest BCUT2D eigenvalue weighted by Gasteiger charge is -2.15. The molecule has 0 saturated heterocycles. The molecule has 10 aromatic rings. The zero-order valence-electron chi connectivity index (χ0n) is 29.0. The van der Waals surface area contributed by atoms with Crippen molar-refractivity contribution in [3.8, 4) is 67.2 Å². The summed E-state index contributed by atoms with van der Waals surface area (Å²) in [5, 5.41) is 7.04. The zero-order valence-corrected chi connectivity index (χ0v) is 29.0. The molecule has 0 aliphatic rings. The summed E-state index contributed by atoms with van der Waals surface area (Å²) in [5.74, 6) is 0. The van der Waals surface area contributed by atoms with E-state index in [1.165, 1.54) is 32.3 Å². The van der Waals surface area contributed by atoms with Gasteiger partial charge < -0.3 is 0 Å². The molecule has 0 N–H and O–H groups in total. The third-order valence-electron chi connectivity index (χ3n) is 10.0. The fourth-order valence-corrected chi connectivity index (χ4v) is 7.36. The van der Waals surface area contributed by atoms with Gasteiger partial charge in [-0.25, -0.2) is 0 Å². The summed E-state index contributed by atoms with van der Waals surface area (Å²) < 4.78 is 0. The first-order valence-electron chi connectivity index (χ1n) is 17.8. The number of fused-ring (bicyclic) bond motifs is 6. The van der Waals surface area contributed by atoms with Gasteiger partial charge in [0.15, 0.2) is 0 Å². The molecular weight excluding hydrogens is 661 g/mol. The van der Waals surface area contributed by atoms with E-state index in [0.717, 1.165) is 67.2 Å². The maximum absolute atomic E-state index is 4.62. The van der Waals surface area contributed by atoms with Crippen LogP contribution in [0, 0.1) is 0 Å². The highest BCUT2D eigenvalue weighted by Crippen LogP contribution is 2.41. The minimum atomic E-state index is 0.896. The zero-order chi connectivity index (χ0) is 35.8. The number of hydrogen-bond donors (Lipinski definition) is 0. The van der Waals surface area contributed by atoms with Crippen LogP contribution in [0.1, 0.15) is 0 Å². The molecule has 10 rings (SSSR count). The van der Waals surface area contributed by atoms with E-state index < -0.39 is 0 Å². The Labute approximate surface area is 311 Å². The minimum Gasteiger partial charge on any atom is -0.263 e. The summed E-state index contributed by atoms with van der Waals surface area (Å²) in [4.78, 5) is 27.5. The Hall–Kier alpha value is -7.44. The molecule has 0 spiro atoms. The van der Waals surface area contributed by atoms with Crippen LogP contribution < -0.4 is 0 Å². The van der Waals surface area contributed by atoms with Gasteiger partial charge in [-0.1, -0.05) is 54.6 Å². The Kier molecular flexibility index (Phi) is 7.69. The van der Waals surface area contributed by atoms with Gasteiger partial charge in [-0.3, -0.25) is 29.9 Å². The Balaban J connectivity index is 1.17. The monoisotopic (exact) mass is 690 g/mol. The molecule has 0 radical (unpaired) electrons. The van der Waals surface area contributed by atoms with Crippen molar-refractivity contribution in [2.24, 2.45) is 0 Å². The highest BCUT2D eigenvalue weighted by Gasteiger charge is 2.15. The van der Waals surface area contributed by atoms with Crippen molar-refractivity contribution in [3.05, 3.63) is 183 Å². The maximum Gasteiger partial charge on any atom is 0.0717 e. The second-order valence-electron chi connectivity index (χ2n) is 13.3. The smallest absolute Gasteiger partial charge is 0.0717 e. The van der Waals surface area contributed by atoms with Gasteiger partial charge in [-0.15, -0.1) is 0 Å². The predicted octanol–water partition coefficient (Wildman–Crippen LogP) is 11.5. The Bertz CT molecular complexity index is 2630. The number of rotatable bonds is 6. The van der Waals surface area contributed by atoms with Crippen molar-refractivity contribution in [2.45, 2.75) is 0 Å². The molecule has 0 atom stereocenters. The summed E-state index contributed by atoms with van der Waals surface area (Å²) in [5.41, 5.74) is 12.0. The fraction of sp³-hybridized carbons (Fsp3) is 0. The minimum absolute atomic E-state index is 0.896. The van der Waals surface area contributed by atoms with Gasteiger partial charge in [0.25, 0.3) is 0 Å². The molecule has 0 unspecified atom stereocenters. The molecule has 6 aromatic heterocycles. The van der Waals surface area contributed by atoms with E-state index in [-0.39, 0.29) is 0 Å². The summed E-state index contributed by atoms with van der Waals surface area (Å²) in [6.45, 7) is 0.